The van der Waals surface area contributed by atoms with Crippen molar-refractivity contribution in [2.45, 2.75) is 12.4 Å². The van der Waals surface area contributed by atoms with E-state index in [2.05, 4.69) is 52.5 Å². The third-order valence-electron chi connectivity index (χ3n) is 3.89. The van der Waals surface area contributed by atoms with Crippen LogP contribution in [0.15, 0.2) is 39.3 Å². The molecule has 0 saturated heterocycles. The number of carbonyl (C=O) groups is 1. The Hall–Kier alpha value is -2.68. The molecule has 1 heterocycles. The summed E-state index contributed by atoms with van der Waals surface area (Å²) in [4.78, 5) is 12.8. The number of aromatic nitrogens is 4. The average Bonchev–Trinajstić information content (AvgIpc) is 3.16. The quantitative estimate of drug-likeness (QED) is 0.396. The van der Waals surface area contributed by atoms with Gasteiger partial charge in [0.1, 0.15) is 0 Å². The number of carbonyl (C=O) groups excluding carboxylic acids is 1. The molecule has 3 rings (SSSR count). The van der Waals surface area contributed by atoms with Crippen molar-refractivity contribution in [2.24, 2.45) is 5.73 Å². The van der Waals surface area contributed by atoms with Crippen LogP contribution in [-0.2, 0) is 12.4 Å². The molecule has 0 aliphatic carbocycles. The zero-order chi connectivity index (χ0) is 23.1. The van der Waals surface area contributed by atoms with Gasteiger partial charge in [0.2, 0.25) is 5.82 Å². The molecule has 0 unspecified atom stereocenters. The van der Waals surface area contributed by atoms with Crippen molar-refractivity contribution < 1.29 is 31.1 Å². The fraction of sp³-hybridized carbons (Fsp3) is 0.125. The van der Waals surface area contributed by atoms with Gasteiger partial charge in [-0.05, 0) is 51.5 Å². The number of amides is 2. The van der Waals surface area contributed by atoms with Gasteiger partial charge in [0.25, 0.3) is 0 Å². The summed E-state index contributed by atoms with van der Waals surface area (Å²) in [5.74, 6) is -0.0914. The van der Waals surface area contributed by atoms with Crippen LogP contribution in [0.2, 0.25) is 0 Å². The molecule has 0 bridgehead atoms. The first-order valence-electron chi connectivity index (χ1n) is 7.91. The third kappa shape index (κ3) is 4.81. The van der Waals surface area contributed by atoms with Crippen molar-refractivity contribution in [3.05, 3.63) is 50.4 Å². The van der Waals surface area contributed by atoms with E-state index in [0.29, 0.717) is 21.5 Å². The highest BCUT2D eigenvalue weighted by Crippen LogP contribution is 2.44. The second-order valence-electron chi connectivity index (χ2n) is 5.96. The SMILES string of the molecule is NC(=O)N(c1cc(C(F)(F)F)cc(C(F)(F)F)c1)c1c(Br)cc(Br)cc1-c1nn[nH]n1. The molecule has 7 nitrogen and oxygen atoms in total. The van der Waals surface area contributed by atoms with Crippen molar-refractivity contribution in [3.63, 3.8) is 0 Å². The van der Waals surface area contributed by atoms with E-state index in [4.69, 9.17) is 5.73 Å². The number of benzene rings is 2. The Kier molecular flexibility index (Phi) is 6.01. The summed E-state index contributed by atoms with van der Waals surface area (Å²) in [6.07, 6.45) is -10.2. The van der Waals surface area contributed by atoms with Crippen LogP contribution < -0.4 is 10.6 Å². The van der Waals surface area contributed by atoms with Crippen LogP contribution in [0.5, 0.6) is 0 Å². The Bertz CT molecular complexity index is 1100. The average molecular weight is 574 g/mol. The lowest BCUT2D eigenvalue weighted by Gasteiger charge is -2.26. The van der Waals surface area contributed by atoms with E-state index in [1.165, 1.54) is 12.1 Å². The van der Waals surface area contributed by atoms with Gasteiger partial charge in [-0.15, -0.1) is 10.2 Å². The van der Waals surface area contributed by atoms with Gasteiger partial charge >= 0.3 is 18.4 Å². The number of urea groups is 1. The molecule has 15 heteroatoms. The molecule has 0 radical (unpaired) electrons. The number of primary amides is 1. The van der Waals surface area contributed by atoms with E-state index in [1.54, 1.807) is 0 Å². The molecule has 0 atom stereocenters. The highest BCUT2D eigenvalue weighted by Gasteiger charge is 2.38. The number of rotatable bonds is 3. The Labute approximate surface area is 185 Å². The van der Waals surface area contributed by atoms with Crippen LogP contribution in [0.4, 0.5) is 42.5 Å². The second-order valence-corrected chi connectivity index (χ2v) is 7.73. The maximum Gasteiger partial charge on any atom is 0.416 e. The molecule has 0 saturated carbocycles. The maximum atomic E-state index is 13.3. The second kappa shape index (κ2) is 8.11. The number of anilines is 2. The zero-order valence-electron chi connectivity index (χ0n) is 14.7. The Balaban J connectivity index is 2.35. The van der Waals surface area contributed by atoms with Gasteiger partial charge in [0.05, 0.1) is 22.5 Å². The summed E-state index contributed by atoms with van der Waals surface area (Å²) in [6, 6.07) is 2.16. The van der Waals surface area contributed by atoms with Gasteiger partial charge in [-0.1, -0.05) is 15.9 Å². The molecule has 0 aliphatic rings. The molecule has 0 aliphatic heterocycles. The minimum atomic E-state index is -5.12. The number of tetrazole rings is 1. The molecule has 0 fully saturated rings. The molecular formula is C16H8Br2F6N6O. The van der Waals surface area contributed by atoms with Crippen LogP contribution in [0.25, 0.3) is 11.4 Å². The fourth-order valence-corrected chi connectivity index (χ4v) is 4.08. The summed E-state index contributed by atoms with van der Waals surface area (Å²) in [5, 5.41) is 13.0. The zero-order valence-corrected chi connectivity index (χ0v) is 17.9. The van der Waals surface area contributed by atoms with Gasteiger partial charge in [-0.3, -0.25) is 4.90 Å². The predicted octanol–water partition coefficient (Wildman–Crippen LogP) is 5.65. The Morgan fingerprint density at radius 3 is 2.00 bits per heavy atom. The standard InChI is InChI=1S/C16H8Br2F6N6O/c17-8-4-10(13-26-28-29-27-13)12(11(18)5-8)30(14(25)31)9-2-6(15(19,20)21)1-7(3-9)16(22,23)24/h1-5H,(H2,25,31)(H,26,27,28,29). The number of nitrogens with two attached hydrogens (primary N) is 1. The molecular weight excluding hydrogens is 566 g/mol. The molecule has 1 aromatic heterocycles. The smallest absolute Gasteiger partial charge is 0.351 e. The maximum absolute atomic E-state index is 13.3. The van der Waals surface area contributed by atoms with E-state index in [0.717, 1.165) is 0 Å². The molecule has 2 aromatic carbocycles. The van der Waals surface area contributed by atoms with Crippen LogP contribution in [-0.4, -0.2) is 26.7 Å². The van der Waals surface area contributed by atoms with Gasteiger partial charge in [-0.25, -0.2) is 4.79 Å². The van der Waals surface area contributed by atoms with Crippen molar-refractivity contribution in [1.82, 2.24) is 20.6 Å². The summed E-state index contributed by atoms with van der Waals surface area (Å²) in [6.45, 7) is 0. The van der Waals surface area contributed by atoms with E-state index >= 15 is 0 Å². The summed E-state index contributed by atoms with van der Waals surface area (Å²) < 4.78 is 80.3. The summed E-state index contributed by atoms with van der Waals surface area (Å²) >= 11 is 6.36. The first kappa shape index (κ1) is 23.0. The Morgan fingerprint density at radius 2 is 1.55 bits per heavy atom. The van der Waals surface area contributed by atoms with Gasteiger partial charge in [-0.2, -0.15) is 31.6 Å². The normalized spacial score (nSPS) is 12.1. The lowest BCUT2D eigenvalue weighted by molar-refractivity contribution is -0.143. The summed E-state index contributed by atoms with van der Waals surface area (Å²) in [5.41, 5.74) is 1.24. The number of halogens is 8. The Morgan fingerprint density at radius 1 is 0.968 bits per heavy atom. The molecule has 31 heavy (non-hydrogen) atoms. The lowest BCUT2D eigenvalue weighted by atomic mass is 10.1. The predicted molar refractivity (Wildman–Crippen MR) is 103 cm³/mol. The first-order chi connectivity index (χ1) is 14.3. The molecule has 2 amide bonds. The van der Waals surface area contributed by atoms with Crippen molar-refractivity contribution in [3.8, 4) is 11.4 Å². The number of alkyl halides is 6. The molecule has 164 valence electrons. The number of hydrogen-bond donors (Lipinski definition) is 2. The van der Waals surface area contributed by atoms with Gasteiger partial charge < -0.3 is 5.73 Å². The number of nitrogens with one attached hydrogen (secondary N) is 1. The van der Waals surface area contributed by atoms with Crippen LogP contribution in [0.1, 0.15) is 11.1 Å². The molecule has 3 N–H and O–H groups in total. The third-order valence-corrected chi connectivity index (χ3v) is 4.95. The van der Waals surface area contributed by atoms with Crippen LogP contribution in [0.3, 0.4) is 0 Å². The fourth-order valence-electron chi connectivity index (χ4n) is 2.67. The van der Waals surface area contributed by atoms with Crippen LogP contribution >= 0.6 is 31.9 Å². The molecule has 3 aromatic rings. The van der Waals surface area contributed by atoms with E-state index in [-0.39, 0.29) is 27.6 Å². The van der Waals surface area contributed by atoms with E-state index in [1.807, 2.05) is 0 Å². The number of aromatic amines is 1. The van der Waals surface area contributed by atoms with E-state index in [9.17, 15) is 31.1 Å². The number of nitrogens with zero attached hydrogens (tertiary/aromatic N) is 4. The van der Waals surface area contributed by atoms with Gasteiger partial charge in [0, 0.05) is 14.5 Å². The van der Waals surface area contributed by atoms with E-state index < -0.39 is 35.2 Å². The highest BCUT2D eigenvalue weighted by molar-refractivity contribution is 9.11. The topological polar surface area (TPSA) is 101 Å². The molecule has 0 spiro atoms. The van der Waals surface area contributed by atoms with Gasteiger partial charge in [0.15, 0.2) is 0 Å². The first-order valence-corrected chi connectivity index (χ1v) is 9.49. The van der Waals surface area contributed by atoms with Crippen LogP contribution in [0, 0.1) is 0 Å². The van der Waals surface area contributed by atoms with Crippen molar-refractivity contribution in [2.75, 3.05) is 4.90 Å². The number of hydrogen-bond acceptors (Lipinski definition) is 4. The van der Waals surface area contributed by atoms with Crippen molar-refractivity contribution >= 4 is 49.3 Å². The summed E-state index contributed by atoms with van der Waals surface area (Å²) in [7, 11) is 0. The minimum Gasteiger partial charge on any atom is -0.351 e. The lowest BCUT2D eigenvalue weighted by Crippen LogP contribution is -2.32. The highest BCUT2D eigenvalue weighted by atomic mass is 79.9. The number of H-pyrrole nitrogens is 1. The van der Waals surface area contributed by atoms with Crippen molar-refractivity contribution in [1.29, 1.82) is 0 Å². The largest absolute Gasteiger partial charge is 0.416 e. The minimum absolute atomic E-state index is 0.0415. The monoisotopic (exact) mass is 572 g/mol.